The third-order valence-corrected chi connectivity index (χ3v) is 4.31. The summed E-state index contributed by atoms with van der Waals surface area (Å²) in [6, 6.07) is 14.1. The van der Waals surface area contributed by atoms with Crippen LogP contribution in [-0.2, 0) is 6.61 Å². The molecule has 1 amide bonds. The number of aromatic nitrogens is 1. The highest BCUT2D eigenvalue weighted by molar-refractivity contribution is 7.09. The van der Waals surface area contributed by atoms with Gasteiger partial charge in [0, 0.05) is 16.1 Å². The van der Waals surface area contributed by atoms with Gasteiger partial charge in [-0.3, -0.25) is 4.79 Å². The molecule has 1 heterocycles. The second-order valence-corrected chi connectivity index (χ2v) is 6.61. The molecule has 3 aromatic rings. The van der Waals surface area contributed by atoms with Gasteiger partial charge in [0.1, 0.15) is 12.4 Å². The van der Waals surface area contributed by atoms with E-state index >= 15 is 0 Å². The lowest BCUT2D eigenvalue weighted by molar-refractivity contribution is 0.102. The highest BCUT2D eigenvalue weighted by atomic mass is 35.5. The number of para-hydroxylation sites is 1. The lowest BCUT2D eigenvalue weighted by Crippen LogP contribution is -2.13. The molecule has 0 bridgehead atoms. The van der Waals surface area contributed by atoms with Crippen LogP contribution < -0.4 is 10.1 Å². The van der Waals surface area contributed by atoms with Gasteiger partial charge in [-0.2, -0.15) is 0 Å². The maximum atomic E-state index is 12.5. The van der Waals surface area contributed by atoms with E-state index in [9.17, 15) is 4.79 Å². The number of nitrogens with zero attached hydrogens (tertiary/aromatic N) is 1. The van der Waals surface area contributed by atoms with Crippen LogP contribution in [-0.4, -0.2) is 10.9 Å². The monoisotopic (exact) mass is 358 g/mol. The molecule has 24 heavy (non-hydrogen) atoms. The maximum absolute atomic E-state index is 12.5. The summed E-state index contributed by atoms with van der Waals surface area (Å²) in [7, 11) is 0. The normalized spacial score (nSPS) is 10.4. The summed E-state index contributed by atoms with van der Waals surface area (Å²) in [4.78, 5) is 16.9. The van der Waals surface area contributed by atoms with E-state index in [0.717, 1.165) is 10.7 Å². The quantitative estimate of drug-likeness (QED) is 0.703. The summed E-state index contributed by atoms with van der Waals surface area (Å²) < 4.78 is 5.78. The number of amides is 1. The lowest BCUT2D eigenvalue weighted by Gasteiger charge is -2.11. The molecule has 3 rings (SSSR count). The predicted octanol–water partition coefficient (Wildman–Crippen LogP) is 4.94. The first-order valence-corrected chi connectivity index (χ1v) is 8.57. The summed E-state index contributed by atoms with van der Waals surface area (Å²) in [6.45, 7) is 2.27. The van der Waals surface area contributed by atoms with Gasteiger partial charge in [0.05, 0.1) is 16.3 Å². The van der Waals surface area contributed by atoms with E-state index in [1.165, 1.54) is 0 Å². The number of halogens is 1. The molecule has 1 N–H and O–H groups in total. The van der Waals surface area contributed by atoms with Gasteiger partial charge in [0.15, 0.2) is 0 Å². The smallest absolute Gasteiger partial charge is 0.259 e. The van der Waals surface area contributed by atoms with Gasteiger partial charge in [-0.25, -0.2) is 4.98 Å². The number of aryl methyl sites for hydroxylation is 1. The van der Waals surface area contributed by atoms with Crippen LogP contribution in [0, 0.1) is 6.92 Å². The minimum absolute atomic E-state index is 0.248. The molecule has 0 fully saturated rings. The van der Waals surface area contributed by atoms with Gasteiger partial charge in [-0.1, -0.05) is 29.8 Å². The predicted molar refractivity (Wildman–Crippen MR) is 97.0 cm³/mol. The van der Waals surface area contributed by atoms with Crippen molar-refractivity contribution in [1.82, 2.24) is 4.98 Å². The highest BCUT2D eigenvalue weighted by Crippen LogP contribution is 2.22. The van der Waals surface area contributed by atoms with Gasteiger partial charge in [-0.05, 0) is 37.3 Å². The molecule has 1 aromatic heterocycles. The van der Waals surface area contributed by atoms with Crippen molar-refractivity contribution in [2.24, 2.45) is 0 Å². The molecule has 0 aliphatic rings. The number of nitrogens with one attached hydrogen (secondary N) is 1. The fraction of sp³-hybridized carbons (Fsp3) is 0.111. The fourth-order valence-electron chi connectivity index (χ4n) is 2.17. The molecule has 0 aliphatic carbocycles. The summed E-state index contributed by atoms with van der Waals surface area (Å²) in [6.07, 6.45) is 0. The Morgan fingerprint density at radius 3 is 2.83 bits per heavy atom. The molecule has 0 atom stereocenters. The number of carbonyl (C=O) groups excluding carboxylic acids is 1. The van der Waals surface area contributed by atoms with E-state index in [0.29, 0.717) is 28.6 Å². The fourth-order valence-corrected chi connectivity index (χ4v) is 2.96. The number of benzene rings is 2. The van der Waals surface area contributed by atoms with Gasteiger partial charge in [-0.15, -0.1) is 11.3 Å². The molecular weight excluding hydrogens is 344 g/mol. The van der Waals surface area contributed by atoms with Crippen LogP contribution in [0.15, 0.2) is 53.9 Å². The number of anilines is 1. The average molecular weight is 359 g/mol. The van der Waals surface area contributed by atoms with Crippen LogP contribution >= 0.6 is 22.9 Å². The van der Waals surface area contributed by atoms with Gasteiger partial charge >= 0.3 is 0 Å². The Morgan fingerprint density at radius 1 is 1.25 bits per heavy atom. The zero-order valence-electron chi connectivity index (χ0n) is 13.0. The van der Waals surface area contributed by atoms with Crippen molar-refractivity contribution in [3.05, 3.63) is 75.2 Å². The van der Waals surface area contributed by atoms with Gasteiger partial charge in [0.25, 0.3) is 5.91 Å². The van der Waals surface area contributed by atoms with E-state index in [2.05, 4.69) is 10.3 Å². The second-order valence-electron chi connectivity index (χ2n) is 5.11. The molecule has 2 aromatic carbocycles. The topological polar surface area (TPSA) is 51.2 Å². The number of hydrogen-bond acceptors (Lipinski definition) is 4. The van der Waals surface area contributed by atoms with Crippen LogP contribution in [0.5, 0.6) is 5.75 Å². The van der Waals surface area contributed by atoms with Crippen LogP contribution in [0.1, 0.15) is 21.1 Å². The van der Waals surface area contributed by atoms with Crippen LogP contribution in [0.25, 0.3) is 0 Å². The van der Waals surface area contributed by atoms with Crippen molar-refractivity contribution in [3.63, 3.8) is 0 Å². The highest BCUT2D eigenvalue weighted by Gasteiger charge is 2.13. The first-order valence-electron chi connectivity index (χ1n) is 7.31. The summed E-state index contributed by atoms with van der Waals surface area (Å²) in [5, 5.41) is 6.33. The zero-order chi connectivity index (χ0) is 16.9. The Morgan fingerprint density at radius 2 is 2.08 bits per heavy atom. The molecule has 0 saturated heterocycles. The van der Waals surface area contributed by atoms with Crippen LogP contribution in [0.3, 0.4) is 0 Å². The summed E-state index contributed by atoms with van der Waals surface area (Å²) >= 11 is 7.51. The molecule has 0 unspecified atom stereocenters. The van der Waals surface area contributed by atoms with Crippen molar-refractivity contribution in [3.8, 4) is 5.75 Å². The van der Waals surface area contributed by atoms with Crippen molar-refractivity contribution in [2.45, 2.75) is 13.5 Å². The van der Waals surface area contributed by atoms with Gasteiger partial charge < -0.3 is 10.1 Å². The van der Waals surface area contributed by atoms with Crippen molar-refractivity contribution in [1.29, 1.82) is 0 Å². The number of thiazole rings is 1. The SMILES string of the molecule is Cc1nc(COc2ccccc2C(=O)Nc2cccc(Cl)c2)cs1. The number of carbonyl (C=O) groups is 1. The zero-order valence-corrected chi connectivity index (χ0v) is 14.5. The first-order chi connectivity index (χ1) is 11.6. The van der Waals surface area contributed by atoms with E-state index in [1.54, 1.807) is 53.8 Å². The molecule has 0 radical (unpaired) electrons. The van der Waals surface area contributed by atoms with E-state index < -0.39 is 0 Å². The van der Waals surface area contributed by atoms with Gasteiger partial charge in [0.2, 0.25) is 0 Å². The third kappa shape index (κ3) is 4.13. The molecular formula is C18H15ClN2O2S. The van der Waals surface area contributed by atoms with Crippen molar-refractivity contribution >= 4 is 34.5 Å². The standard InChI is InChI=1S/C18H15ClN2O2S/c1-12-20-15(11-24-12)10-23-17-8-3-2-7-16(17)18(22)21-14-6-4-5-13(19)9-14/h2-9,11H,10H2,1H3,(H,21,22). The van der Waals surface area contributed by atoms with E-state index in [-0.39, 0.29) is 5.91 Å². The van der Waals surface area contributed by atoms with Crippen molar-refractivity contribution in [2.75, 3.05) is 5.32 Å². The number of ether oxygens (including phenoxy) is 1. The average Bonchev–Trinajstić information content (AvgIpc) is 2.99. The van der Waals surface area contributed by atoms with Crippen LogP contribution in [0.4, 0.5) is 5.69 Å². The molecule has 4 nitrogen and oxygen atoms in total. The second kappa shape index (κ2) is 7.47. The largest absolute Gasteiger partial charge is 0.486 e. The molecule has 122 valence electrons. The Labute approximate surface area is 149 Å². The van der Waals surface area contributed by atoms with E-state index in [1.807, 2.05) is 18.4 Å². The Kier molecular flexibility index (Phi) is 5.13. The molecule has 0 saturated carbocycles. The lowest BCUT2D eigenvalue weighted by atomic mass is 10.2. The molecule has 0 spiro atoms. The third-order valence-electron chi connectivity index (χ3n) is 3.26. The number of rotatable bonds is 5. The molecule has 6 heteroatoms. The first kappa shape index (κ1) is 16.5. The Hall–Kier alpha value is -2.37. The Balaban J connectivity index is 1.74. The van der Waals surface area contributed by atoms with E-state index in [4.69, 9.17) is 16.3 Å². The number of hydrogen-bond donors (Lipinski definition) is 1. The van der Waals surface area contributed by atoms with Crippen molar-refractivity contribution < 1.29 is 9.53 Å². The maximum Gasteiger partial charge on any atom is 0.259 e. The Bertz CT molecular complexity index is 863. The van der Waals surface area contributed by atoms with Crippen LogP contribution in [0.2, 0.25) is 5.02 Å². The minimum atomic E-state index is -0.248. The molecule has 0 aliphatic heterocycles. The minimum Gasteiger partial charge on any atom is -0.486 e. The summed E-state index contributed by atoms with van der Waals surface area (Å²) in [5.74, 6) is 0.269. The summed E-state index contributed by atoms with van der Waals surface area (Å²) in [5.41, 5.74) is 1.95.